The van der Waals surface area contributed by atoms with Crippen molar-refractivity contribution in [2.24, 2.45) is 0 Å². The van der Waals surface area contributed by atoms with Crippen LogP contribution in [0.5, 0.6) is 5.75 Å². The number of thioether (sulfide) groups is 1. The second-order valence-corrected chi connectivity index (χ2v) is 9.95. The summed E-state index contributed by atoms with van der Waals surface area (Å²) in [6.07, 6.45) is 6.43. The van der Waals surface area contributed by atoms with Crippen LogP contribution in [0.2, 0.25) is 0 Å². The molecule has 2 aliphatic heterocycles. The number of quaternary nitrogens is 1. The molecular weight excluding hydrogens is 465 g/mol. The molecule has 0 aliphatic carbocycles. The van der Waals surface area contributed by atoms with Crippen LogP contribution in [0, 0.1) is 5.82 Å². The predicted octanol–water partition coefficient (Wildman–Crippen LogP) is 4.18. The number of nitrogens with one attached hydrogen (secondary N) is 1. The summed E-state index contributed by atoms with van der Waals surface area (Å²) < 4.78 is 19.0. The topological polar surface area (TPSA) is 54.3 Å². The molecule has 8 heteroatoms. The van der Waals surface area contributed by atoms with E-state index < -0.39 is 0 Å². The Labute approximate surface area is 210 Å². The Morgan fingerprint density at radius 3 is 2.40 bits per heavy atom. The number of carbonyl (C=O) groups is 2. The summed E-state index contributed by atoms with van der Waals surface area (Å²) in [6, 6.07) is 14.1. The van der Waals surface area contributed by atoms with E-state index >= 15 is 0 Å². The number of imide groups is 1. The molecule has 186 valence electrons. The van der Waals surface area contributed by atoms with E-state index in [1.165, 1.54) is 41.2 Å². The number of carbonyl (C=O) groups excluding carboxylic acids is 2. The summed E-state index contributed by atoms with van der Waals surface area (Å²) in [5, 5.41) is -0.221. The van der Waals surface area contributed by atoms with E-state index in [0.717, 1.165) is 61.4 Å². The zero-order chi connectivity index (χ0) is 24.6. The Balaban J connectivity index is 1.27. The molecule has 2 saturated heterocycles. The Morgan fingerprint density at radius 2 is 1.71 bits per heavy atom. The van der Waals surface area contributed by atoms with Gasteiger partial charge in [0.25, 0.3) is 11.1 Å². The fraction of sp³-hybridized carbons (Fsp3) is 0.407. The first-order chi connectivity index (χ1) is 17.0. The van der Waals surface area contributed by atoms with E-state index in [4.69, 9.17) is 4.74 Å². The van der Waals surface area contributed by atoms with E-state index in [0.29, 0.717) is 18.2 Å². The van der Waals surface area contributed by atoms with Crippen LogP contribution >= 0.6 is 11.8 Å². The zero-order valence-electron chi connectivity index (χ0n) is 20.2. The standard InChI is InChI=1S/C27H32FN3O3S/c1-2-3-4-5-18-34-24-12-6-21(7-13-24)19-25-26(32)31(27(33)35-25)20-29-14-16-30(17-15-29)23-10-8-22(28)9-11-23/h6-13,19H,2-5,14-18,20H2,1H3/p+1/b25-19+. The zero-order valence-corrected chi connectivity index (χ0v) is 21.0. The third-order valence-corrected chi connectivity index (χ3v) is 7.27. The quantitative estimate of drug-likeness (QED) is 0.393. The van der Waals surface area contributed by atoms with Crippen LogP contribution in [0.1, 0.15) is 38.2 Å². The van der Waals surface area contributed by atoms with Gasteiger partial charge in [-0.2, -0.15) is 0 Å². The Hall–Kier alpha value is -2.84. The van der Waals surface area contributed by atoms with Crippen LogP contribution in [-0.2, 0) is 4.79 Å². The maximum absolute atomic E-state index is 13.2. The number of hydrogen-bond acceptors (Lipinski definition) is 5. The van der Waals surface area contributed by atoms with Gasteiger partial charge in [0.15, 0.2) is 6.67 Å². The number of halogens is 1. The smallest absolute Gasteiger partial charge is 0.298 e. The van der Waals surface area contributed by atoms with Crippen LogP contribution < -0.4 is 14.5 Å². The van der Waals surface area contributed by atoms with Gasteiger partial charge >= 0.3 is 0 Å². The fourth-order valence-corrected chi connectivity index (χ4v) is 5.12. The molecule has 0 saturated carbocycles. The number of amides is 2. The van der Waals surface area contributed by atoms with Crippen LogP contribution in [0.15, 0.2) is 53.4 Å². The van der Waals surface area contributed by atoms with Crippen LogP contribution in [-0.4, -0.2) is 55.5 Å². The summed E-state index contributed by atoms with van der Waals surface area (Å²) in [5.41, 5.74) is 1.86. The van der Waals surface area contributed by atoms with Crippen molar-refractivity contribution in [2.75, 3.05) is 44.4 Å². The average molecular weight is 499 g/mol. The number of hydrogen-bond donors (Lipinski definition) is 1. The first-order valence-corrected chi connectivity index (χ1v) is 13.2. The van der Waals surface area contributed by atoms with Crippen molar-refractivity contribution in [2.45, 2.75) is 32.6 Å². The molecule has 6 nitrogen and oxygen atoms in total. The minimum absolute atomic E-state index is 0.221. The minimum Gasteiger partial charge on any atom is -0.494 e. The van der Waals surface area contributed by atoms with Crippen LogP contribution in [0.25, 0.3) is 6.08 Å². The summed E-state index contributed by atoms with van der Waals surface area (Å²) >= 11 is 0.998. The molecule has 0 atom stereocenters. The lowest BCUT2D eigenvalue weighted by Gasteiger charge is -2.34. The Morgan fingerprint density at radius 1 is 1.00 bits per heavy atom. The highest BCUT2D eigenvalue weighted by molar-refractivity contribution is 8.18. The number of benzene rings is 2. The Kier molecular flexibility index (Phi) is 8.82. The van der Waals surface area contributed by atoms with Crippen molar-refractivity contribution >= 4 is 34.7 Å². The molecular formula is C27H33FN3O3S+. The maximum Gasteiger partial charge on any atom is 0.298 e. The number of ether oxygens (including phenoxy) is 1. The second-order valence-electron chi connectivity index (χ2n) is 8.96. The van der Waals surface area contributed by atoms with Gasteiger partial charge in [0.2, 0.25) is 0 Å². The minimum atomic E-state index is -0.243. The highest BCUT2D eigenvalue weighted by Crippen LogP contribution is 2.31. The van der Waals surface area contributed by atoms with Gasteiger partial charge in [-0.1, -0.05) is 38.3 Å². The maximum atomic E-state index is 13.2. The van der Waals surface area contributed by atoms with Crippen molar-refractivity contribution in [1.29, 1.82) is 0 Å². The van der Waals surface area contributed by atoms with Crippen molar-refractivity contribution in [3.8, 4) is 5.75 Å². The van der Waals surface area contributed by atoms with Crippen molar-refractivity contribution in [3.05, 3.63) is 64.8 Å². The van der Waals surface area contributed by atoms with Crippen molar-refractivity contribution in [1.82, 2.24) is 4.90 Å². The highest BCUT2D eigenvalue weighted by Gasteiger charge is 2.38. The van der Waals surface area contributed by atoms with Crippen molar-refractivity contribution < 1.29 is 23.6 Å². The molecule has 2 heterocycles. The third-order valence-electron chi connectivity index (χ3n) is 6.36. The van der Waals surface area contributed by atoms with E-state index in [9.17, 15) is 14.0 Å². The Bertz CT molecular complexity index is 1030. The number of rotatable bonds is 10. The SMILES string of the molecule is CCCCCCOc1ccc(/C=C2/SC(=O)N(C[NH+]3CCN(c4ccc(F)cc4)CC3)C2=O)cc1. The van der Waals surface area contributed by atoms with Crippen molar-refractivity contribution in [3.63, 3.8) is 0 Å². The van der Waals surface area contributed by atoms with Gasteiger partial charge in [-0.25, -0.2) is 9.29 Å². The first-order valence-electron chi connectivity index (χ1n) is 12.4. The summed E-state index contributed by atoms with van der Waals surface area (Å²) in [4.78, 5) is 30.7. The van der Waals surface area contributed by atoms with Gasteiger partial charge in [0, 0.05) is 5.69 Å². The summed E-state index contributed by atoms with van der Waals surface area (Å²) in [7, 11) is 0. The molecule has 2 aromatic carbocycles. The molecule has 0 bridgehead atoms. The highest BCUT2D eigenvalue weighted by atomic mass is 32.2. The largest absolute Gasteiger partial charge is 0.494 e. The molecule has 0 unspecified atom stereocenters. The average Bonchev–Trinajstić information content (AvgIpc) is 3.13. The van der Waals surface area contributed by atoms with Crippen LogP contribution in [0.3, 0.4) is 0 Å². The van der Waals surface area contributed by atoms with E-state index in [-0.39, 0.29) is 17.0 Å². The van der Waals surface area contributed by atoms with E-state index in [1.54, 1.807) is 18.2 Å². The normalized spacial score (nSPS) is 18.1. The number of piperazine rings is 1. The summed E-state index contributed by atoms with van der Waals surface area (Å²) in [5.74, 6) is 0.340. The lowest BCUT2D eigenvalue weighted by atomic mass is 10.2. The first kappa shape index (κ1) is 25.3. The lowest BCUT2D eigenvalue weighted by Crippen LogP contribution is -3.16. The van der Waals surface area contributed by atoms with E-state index in [1.807, 2.05) is 24.3 Å². The molecule has 35 heavy (non-hydrogen) atoms. The van der Waals surface area contributed by atoms with Crippen LogP contribution in [0.4, 0.5) is 14.9 Å². The molecule has 0 radical (unpaired) electrons. The third kappa shape index (κ3) is 6.86. The second kappa shape index (κ2) is 12.2. The molecule has 2 aromatic rings. The summed E-state index contributed by atoms with van der Waals surface area (Å²) in [6.45, 7) is 6.45. The molecule has 2 fully saturated rings. The van der Waals surface area contributed by atoms with Gasteiger partial charge in [-0.3, -0.25) is 9.59 Å². The monoisotopic (exact) mass is 498 g/mol. The number of nitrogens with zero attached hydrogens (tertiary/aromatic N) is 2. The predicted molar refractivity (Wildman–Crippen MR) is 138 cm³/mol. The number of unbranched alkanes of at least 4 members (excludes halogenated alkanes) is 3. The molecule has 2 aliphatic rings. The molecule has 1 N–H and O–H groups in total. The lowest BCUT2D eigenvalue weighted by molar-refractivity contribution is -0.907. The van der Waals surface area contributed by atoms with Gasteiger partial charge in [0.1, 0.15) is 11.6 Å². The van der Waals surface area contributed by atoms with Gasteiger partial charge in [-0.15, -0.1) is 0 Å². The molecule has 2 amide bonds. The molecule has 4 rings (SSSR count). The molecule has 0 aromatic heterocycles. The number of anilines is 1. The van der Waals surface area contributed by atoms with Gasteiger partial charge < -0.3 is 14.5 Å². The van der Waals surface area contributed by atoms with Gasteiger partial charge in [-0.05, 0) is 66.2 Å². The molecule has 0 spiro atoms. The van der Waals surface area contributed by atoms with Gasteiger partial charge in [0.05, 0.1) is 37.7 Å². The van der Waals surface area contributed by atoms with E-state index in [2.05, 4.69) is 11.8 Å². The fourth-order valence-electron chi connectivity index (χ4n) is 4.28.